The Bertz CT molecular complexity index is 1120. The van der Waals surface area contributed by atoms with E-state index in [1.54, 1.807) is 30.9 Å². The highest BCUT2D eigenvalue weighted by atomic mass is 16.5. The summed E-state index contributed by atoms with van der Waals surface area (Å²) in [5.74, 6) is -0.360. The maximum atomic E-state index is 12.7. The average molecular weight is 431 g/mol. The van der Waals surface area contributed by atoms with Gasteiger partial charge >= 0.3 is 5.97 Å². The van der Waals surface area contributed by atoms with E-state index < -0.39 is 5.97 Å². The van der Waals surface area contributed by atoms with Crippen molar-refractivity contribution in [2.45, 2.75) is 20.8 Å². The fourth-order valence-electron chi connectivity index (χ4n) is 3.01. The molecule has 0 unspecified atom stereocenters. The van der Waals surface area contributed by atoms with E-state index in [9.17, 15) is 9.59 Å². The van der Waals surface area contributed by atoms with Crippen molar-refractivity contribution in [1.29, 1.82) is 0 Å². The molecule has 32 heavy (non-hydrogen) atoms. The molecule has 164 valence electrons. The fraction of sp³-hybridized carbons (Fsp3) is 0.167. The standard InChI is InChI=1S/C24H25N5O3/c1-5-32-22(30)13-17(3)29-18(4)15-25-28-24(29)27-21-14-19(12-11-16(21)2)23(31)26-20-9-7-6-8-10-20/h6-15H,4-5H2,1-3H3,(H,26,31)(H,27,28)/b17-13+. The van der Waals surface area contributed by atoms with Crippen LogP contribution in [-0.4, -0.2) is 35.6 Å². The molecule has 0 fully saturated rings. The minimum atomic E-state index is -0.463. The van der Waals surface area contributed by atoms with Crippen molar-refractivity contribution >= 4 is 35.4 Å². The fourth-order valence-corrected chi connectivity index (χ4v) is 3.01. The number of anilines is 1. The number of aliphatic imine (C=N–C) groups is 1. The van der Waals surface area contributed by atoms with Gasteiger partial charge in [0.15, 0.2) is 0 Å². The molecule has 0 atom stereocenters. The minimum Gasteiger partial charge on any atom is -0.463 e. The Morgan fingerprint density at radius 3 is 2.72 bits per heavy atom. The number of carbonyl (C=O) groups is 2. The highest BCUT2D eigenvalue weighted by Crippen LogP contribution is 2.24. The number of benzene rings is 2. The van der Waals surface area contributed by atoms with Gasteiger partial charge in [-0.05, 0) is 50.6 Å². The third-order valence-electron chi connectivity index (χ3n) is 4.57. The van der Waals surface area contributed by atoms with Crippen LogP contribution in [0.3, 0.4) is 0 Å². The van der Waals surface area contributed by atoms with Crippen molar-refractivity contribution < 1.29 is 14.3 Å². The van der Waals surface area contributed by atoms with Gasteiger partial charge in [-0.1, -0.05) is 30.8 Å². The van der Waals surface area contributed by atoms with Crippen LogP contribution in [0.2, 0.25) is 0 Å². The van der Waals surface area contributed by atoms with Crippen molar-refractivity contribution in [3.05, 3.63) is 83.7 Å². The number of para-hydroxylation sites is 1. The number of hydrazone groups is 1. The Kier molecular flexibility index (Phi) is 7.17. The van der Waals surface area contributed by atoms with Gasteiger partial charge in [-0.2, -0.15) is 5.10 Å². The zero-order valence-electron chi connectivity index (χ0n) is 18.3. The summed E-state index contributed by atoms with van der Waals surface area (Å²) in [7, 11) is 0. The first-order chi connectivity index (χ1) is 15.4. The molecule has 1 amide bonds. The van der Waals surface area contributed by atoms with Crippen molar-refractivity contribution in [3.63, 3.8) is 0 Å². The first-order valence-electron chi connectivity index (χ1n) is 10.1. The van der Waals surface area contributed by atoms with E-state index in [4.69, 9.17) is 4.74 Å². The second-order valence-corrected chi connectivity index (χ2v) is 6.99. The van der Waals surface area contributed by atoms with Gasteiger partial charge < -0.3 is 10.1 Å². The monoisotopic (exact) mass is 431 g/mol. The maximum Gasteiger partial charge on any atom is 0.332 e. The molecule has 1 heterocycles. The van der Waals surface area contributed by atoms with Gasteiger partial charge in [-0.25, -0.2) is 15.2 Å². The molecule has 2 aromatic carbocycles. The van der Waals surface area contributed by atoms with Gasteiger partial charge in [0.05, 0.1) is 24.2 Å². The molecular weight excluding hydrogens is 406 g/mol. The van der Waals surface area contributed by atoms with E-state index >= 15 is 0 Å². The molecule has 8 nitrogen and oxygen atoms in total. The summed E-state index contributed by atoms with van der Waals surface area (Å²) in [5, 5.41) is 6.92. The zero-order chi connectivity index (χ0) is 23.1. The number of hydrogen-bond acceptors (Lipinski definition) is 5. The zero-order valence-corrected chi connectivity index (χ0v) is 18.3. The second kappa shape index (κ2) is 10.2. The smallest absolute Gasteiger partial charge is 0.332 e. The Morgan fingerprint density at radius 1 is 1.25 bits per heavy atom. The van der Waals surface area contributed by atoms with Crippen LogP contribution in [0.4, 0.5) is 11.4 Å². The summed E-state index contributed by atoms with van der Waals surface area (Å²) in [6.07, 6.45) is 2.89. The topological polar surface area (TPSA) is 95.4 Å². The number of hydrogen-bond donors (Lipinski definition) is 2. The quantitative estimate of drug-likeness (QED) is 0.530. The number of allylic oxidation sites excluding steroid dienone is 2. The first kappa shape index (κ1) is 22.5. The lowest BCUT2D eigenvalue weighted by molar-refractivity contribution is -0.137. The highest BCUT2D eigenvalue weighted by Gasteiger charge is 2.21. The van der Waals surface area contributed by atoms with Crippen LogP contribution >= 0.6 is 0 Å². The van der Waals surface area contributed by atoms with Gasteiger partial charge in [-0.15, -0.1) is 0 Å². The van der Waals surface area contributed by atoms with E-state index in [1.807, 2.05) is 43.3 Å². The SMILES string of the molecule is C=C1C=NNC(=Nc2cc(C(=O)Nc3ccccc3)ccc2C)N1/C(C)=C/C(=O)OCC. The van der Waals surface area contributed by atoms with E-state index in [0.29, 0.717) is 34.3 Å². The number of ether oxygens (including phenoxy) is 1. The maximum absolute atomic E-state index is 12.7. The number of guanidine groups is 1. The third kappa shape index (κ3) is 5.48. The normalized spacial score (nSPS) is 14.8. The molecule has 0 aliphatic carbocycles. The lowest BCUT2D eigenvalue weighted by Crippen LogP contribution is -2.41. The molecule has 0 saturated carbocycles. The Hall–Kier alpha value is -4.20. The number of carbonyl (C=O) groups excluding carboxylic acids is 2. The average Bonchev–Trinajstić information content (AvgIpc) is 2.76. The van der Waals surface area contributed by atoms with Crippen molar-refractivity contribution in [2.75, 3.05) is 11.9 Å². The van der Waals surface area contributed by atoms with Crippen LogP contribution in [-0.2, 0) is 9.53 Å². The van der Waals surface area contributed by atoms with Crippen molar-refractivity contribution in [1.82, 2.24) is 10.3 Å². The number of nitrogens with one attached hydrogen (secondary N) is 2. The molecule has 0 spiro atoms. The van der Waals surface area contributed by atoms with Gasteiger partial charge in [-0.3, -0.25) is 9.69 Å². The number of esters is 1. The number of rotatable bonds is 6. The molecule has 0 aromatic heterocycles. The first-order valence-corrected chi connectivity index (χ1v) is 10.1. The molecular formula is C24H25N5O3. The Labute approximate surface area is 187 Å². The summed E-state index contributed by atoms with van der Waals surface area (Å²) >= 11 is 0. The van der Waals surface area contributed by atoms with Crippen LogP contribution in [0.15, 0.2) is 82.7 Å². The molecule has 0 saturated heterocycles. The number of amides is 1. The number of aryl methyl sites for hydroxylation is 1. The highest BCUT2D eigenvalue weighted by molar-refractivity contribution is 6.05. The van der Waals surface area contributed by atoms with E-state index in [1.165, 1.54) is 12.3 Å². The molecule has 2 N–H and O–H groups in total. The third-order valence-corrected chi connectivity index (χ3v) is 4.57. The lowest BCUT2D eigenvalue weighted by Gasteiger charge is -2.29. The second-order valence-electron chi connectivity index (χ2n) is 6.99. The predicted molar refractivity (Wildman–Crippen MR) is 126 cm³/mol. The summed E-state index contributed by atoms with van der Waals surface area (Å²) in [4.78, 5) is 30.9. The van der Waals surface area contributed by atoms with E-state index in [0.717, 1.165) is 5.56 Å². The Morgan fingerprint density at radius 2 is 2.00 bits per heavy atom. The molecule has 0 radical (unpaired) electrons. The molecule has 8 heteroatoms. The molecule has 1 aliphatic heterocycles. The molecule has 2 aromatic rings. The van der Waals surface area contributed by atoms with Gasteiger partial charge in [0.25, 0.3) is 5.91 Å². The number of nitrogens with zero attached hydrogens (tertiary/aromatic N) is 3. The molecule has 1 aliphatic rings. The van der Waals surface area contributed by atoms with Crippen molar-refractivity contribution in [3.8, 4) is 0 Å². The molecule has 0 bridgehead atoms. The van der Waals surface area contributed by atoms with Crippen LogP contribution in [0, 0.1) is 6.92 Å². The van der Waals surface area contributed by atoms with E-state index in [2.05, 4.69) is 27.4 Å². The lowest BCUT2D eigenvalue weighted by atomic mass is 10.1. The minimum absolute atomic E-state index is 0.244. The summed E-state index contributed by atoms with van der Waals surface area (Å²) in [6.45, 7) is 9.64. The summed E-state index contributed by atoms with van der Waals surface area (Å²) < 4.78 is 4.99. The predicted octanol–water partition coefficient (Wildman–Crippen LogP) is 4.11. The van der Waals surface area contributed by atoms with Crippen LogP contribution in [0.25, 0.3) is 0 Å². The van der Waals surface area contributed by atoms with Gasteiger partial charge in [0.2, 0.25) is 5.96 Å². The van der Waals surface area contributed by atoms with Crippen molar-refractivity contribution in [2.24, 2.45) is 10.1 Å². The van der Waals surface area contributed by atoms with Gasteiger partial charge in [0, 0.05) is 23.0 Å². The van der Waals surface area contributed by atoms with Crippen LogP contribution < -0.4 is 10.7 Å². The summed E-state index contributed by atoms with van der Waals surface area (Å²) in [6, 6.07) is 14.5. The molecule has 3 rings (SSSR count). The largest absolute Gasteiger partial charge is 0.463 e. The van der Waals surface area contributed by atoms with Gasteiger partial charge in [0.1, 0.15) is 0 Å². The Balaban J connectivity index is 1.92. The van der Waals surface area contributed by atoms with Crippen LogP contribution in [0.1, 0.15) is 29.8 Å². The van der Waals surface area contributed by atoms with E-state index in [-0.39, 0.29) is 12.5 Å². The van der Waals surface area contributed by atoms with Crippen LogP contribution in [0.5, 0.6) is 0 Å². The summed E-state index contributed by atoms with van der Waals surface area (Å²) in [5.41, 5.74) is 6.53.